The first kappa shape index (κ1) is 21.5. The number of rotatable bonds is 8. The highest BCUT2D eigenvalue weighted by Crippen LogP contribution is 2.39. The number of ketones is 1. The summed E-state index contributed by atoms with van der Waals surface area (Å²) in [6.07, 6.45) is 3.26. The first-order chi connectivity index (χ1) is 14.5. The van der Waals surface area contributed by atoms with E-state index in [4.69, 9.17) is 4.74 Å². The first-order valence-corrected chi connectivity index (χ1v) is 10.1. The fourth-order valence-corrected chi connectivity index (χ4v) is 3.69. The molecule has 1 saturated heterocycles. The molecule has 1 unspecified atom stereocenters. The van der Waals surface area contributed by atoms with Crippen LogP contribution in [0.5, 0.6) is 5.75 Å². The van der Waals surface area contributed by atoms with Gasteiger partial charge in [0.25, 0.3) is 11.7 Å². The Balaban J connectivity index is 2.05. The van der Waals surface area contributed by atoms with Crippen molar-refractivity contribution in [2.75, 3.05) is 33.3 Å². The van der Waals surface area contributed by atoms with Crippen LogP contribution in [0.3, 0.4) is 0 Å². The summed E-state index contributed by atoms with van der Waals surface area (Å²) in [5, 5.41) is 11.0. The molecule has 0 aliphatic carbocycles. The van der Waals surface area contributed by atoms with Gasteiger partial charge in [-0.25, -0.2) is 0 Å². The molecule has 2 aromatic rings. The number of carbonyl (C=O) groups is 2. The molecule has 1 aliphatic rings. The Morgan fingerprint density at radius 1 is 1.17 bits per heavy atom. The summed E-state index contributed by atoms with van der Waals surface area (Å²) in [5.74, 6) is -0.854. The second-order valence-electron chi connectivity index (χ2n) is 7.03. The van der Waals surface area contributed by atoms with Gasteiger partial charge in [-0.15, -0.1) is 0 Å². The van der Waals surface area contributed by atoms with E-state index in [-0.39, 0.29) is 11.3 Å². The monoisotopic (exact) mass is 409 g/mol. The van der Waals surface area contributed by atoms with Crippen LogP contribution >= 0.6 is 0 Å². The number of Topliss-reactive ketones (excluding diaryl/α,β-unsaturated/α-hetero) is 1. The molecule has 0 spiro atoms. The maximum atomic E-state index is 13.0. The summed E-state index contributed by atoms with van der Waals surface area (Å²) >= 11 is 0. The van der Waals surface area contributed by atoms with Crippen molar-refractivity contribution in [2.24, 2.45) is 0 Å². The van der Waals surface area contributed by atoms with E-state index in [0.717, 1.165) is 13.1 Å². The second-order valence-corrected chi connectivity index (χ2v) is 7.03. The van der Waals surface area contributed by atoms with Gasteiger partial charge in [0.05, 0.1) is 18.7 Å². The zero-order valence-electron chi connectivity index (χ0n) is 17.5. The van der Waals surface area contributed by atoms with Crippen LogP contribution in [0.1, 0.15) is 31.0 Å². The van der Waals surface area contributed by atoms with Gasteiger partial charge < -0.3 is 19.6 Å². The van der Waals surface area contributed by atoms with Gasteiger partial charge in [-0.2, -0.15) is 0 Å². The van der Waals surface area contributed by atoms with E-state index >= 15 is 0 Å². The Morgan fingerprint density at radius 3 is 2.43 bits per heavy atom. The predicted octanol–water partition coefficient (Wildman–Crippen LogP) is 2.85. The number of benzene rings is 1. The number of aliphatic hydroxyl groups excluding tert-OH is 1. The highest BCUT2D eigenvalue weighted by Gasteiger charge is 2.46. The highest BCUT2D eigenvalue weighted by atomic mass is 16.5. The average Bonchev–Trinajstić information content (AvgIpc) is 3.05. The van der Waals surface area contributed by atoms with E-state index in [9.17, 15) is 14.7 Å². The van der Waals surface area contributed by atoms with Crippen LogP contribution in [0.15, 0.2) is 54.4 Å². The summed E-state index contributed by atoms with van der Waals surface area (Å²) in [6.45, 7) is 6.83. The van der Waals surface area contributed by atoms with Gasteiger partial charge in [-0.05, 0) is 49.0 Å². The van der Waals surface area contributed by atoms with Gasteiger partial charge in [0.15, 0.2) is 0 Å². The number of amides is 1. The molecule has 7 nitrogen and oxygen atoms in total. The fraction of sp³-hybridized carbons (Fsp3) is 0.348. The average molecular weight is 409 g/mol. The van der Waals surface area contributed by atoms with Gasteiger partial charge in [0.2, 0.25) is 0 Å². The number of hydrogen-bond donors (Lipinski definition) is 1. The van der Waals surface area contributed by atoms with Crippen molar-refractivity contribution in [3.63, 3.8) is 0 Å². The lowest BCUT2D eigenvalue weighted by atomic mass is 9.96. The number of likely N-dealkylation sites (N-methyl/N-ethyl adjacent to an activating group) is 1. The molecule has 1 aromatic heterocycles. The summed E-state index contributed by atoms with van der Waals surface area (Å²) in [4.78, 5) is 33.7. The lowest BCUT2D eigenvalue weighted by molar-refractivity contribution is -0.140. The van der Waals surface area contributed by atoms with E-state index in [1.807, 2.05) is 6.07 Å². The Bertz CT molecular complexity index is 921. The standard InChI is InChI=1S/C23H27N3O4/c1-4-25(5-2)13-14-26-20(17-7-6-12-24-15-17)19(22(28)23(26)29)21(27)16-8-10-18(30-3)11-9-16/h6-12,15,20,27H,4-5,13-14H2,1-3H3/b21-19-. The molecule has 1 fully saturated rings. The molecule has 2 heterocycles. The predicted molar refractivity (Wildman–Crippen MR) is 114 cm³/mol. The van der Waals surface area contributed by atoms with Crippen molar-refractivity contribution in [1.82, 2.24) is 14.8 Å². The Hall–Kier alpha value is -3.19. The van der Waals surface area contributed by atoms with Crippen LogP contribution in [0.4, 0.5) is 0 Å². The van der Waals surface area contributed by atoms with Gasteiger partial charge in [0, 0.05) is 31.0 Å². The number of ether oxygens (including phenoxy) is 1. The van der Waals surface area contributed by atoms with Crippen molar-refractivity contribution in [1.29, 1.82) is 0 Å². The molecule has 1 atom stereocenters. The van der Waals surface area contributed by atoms with Crippen LogP contribution in [-0.2, 0) is 9.59 Å². The molecule has 1 N–H and O–H groups in total. The molecule has 1 aliphatic heterocycles. The quantitative estimate of drug-likeness (QED) is 0.410. The van der Waals surface area contributed by atoms with Gasteiger partial charge in [0.1, 0.15) is 11.5 Å². The Kier molecular flexibility index (Phi) is 6.84. The number of methoxy groups -OCH3 is 1. The fourth-order valence-electron chi connectivity index (χ4n) is 3.69. The second kappa shape index (κ2) is 9.54. The minimum Gasteiger partial charge on any atom is -0.507 e. The van der Waals surface area contributed by atoms with Crippen LogP contribution in [0.2, 0.25) is 0 Å². The number of hydrogen-bond acceptors (Lipinski definition) is 6. The van der Waals surface area contributed by atoms with Crippen LogP contribution in [-0.4, -0.2) is 64.9 Å². The number of pyridine rings is 1. The molecule has 0 radical (unpaired) electrons. The van der Waals surface area contributed by atoms with E-state index in [1.165, 1.54) is 4.90 Å². The van der Waals surface area contributed by atoms with Crippen molar-refractivity contribution in [3.05, 3.63) is 65.5 Å². The summed E-state index contributed by atoms with van der Waals surface area (Å²) in [6, 6.07) is 9.61. The lowest BCUT2D eigenvalue weighted by Gasteiger charge is -2.28. The van der Waals surface area contributed by atoms with E-state index in [1.54, 1.807) is 49.8 Å². The first-order valence-electron chi connectivity index (χ1n) is 10.1. The van der Waals surface area contributed by atoms with Crippen LogP contribution < -0.4 is 4.74 Å². The Morgan fingerprint density at radius 2 is 1.87 bits per heavy atom. The van der Waals surface area contributed by atoms with Crippen molar-refractivity contribution in [2.45, 2.75) is 19.9 Å². The molecule has 0 saturated carbocycles. The number of likely N-dealkylation sites (tertiary alicyclic amines) is 1. The third kappa shape index (κ3) is 4.21. The molecular formula is C23H27N3O4. The number of aliphatic hydroxyl groups is 1. The molecule has 7 heteroatoms. The van der Waals surface area contributed by atoms with Crippen molar-refractivity contribution in [3.8, 4) is 5.75 Å². The van der Waals surface area contributed by atoms with Gasteiger partial charge >= 0.3 is 0 Å². The van der Waals surface area contributed by atoms with E-state index < -0.39 is 17.7 Å². The maximum absolute atomic E-state index is 13.0. The zero-order valence-corrected chi connectivity index (χ0v) is 17.5. The third-order valence-corrected chi connectivity index (χ3v) is 5.46. The number of carbonyl (C=O) groups excluding carboxylic acids is 2. The van der Waals surface area contributed by atoms with E-state index in [2.05, 4.69) is 23.7 Å². The van der Waals surface area contributed by atoms with E-state index in [0.29, 0.717) is 30.0 Å². The van der Waals surface area contributed by atoms with Crippen LogP contribution in [0.25, 0.3) is 5.76 Å². The maximum Gasteiger partial charge on any atom is 0.295 e. The minimum atomic E-state index is -0.684. The van der Waals surface area contributed by atoms with Gasteiger partial charge in [-0.1, -0.05) is 19.9 Å². The number of nitrogens with zero attached hydrogens (tertiary/aromatic N) is 3. The topological polar surface area (TPSA) is 83.0 Å². The normalized spacial score (nSPS) is 18.3. The van der Waals surface area contributed by atoms with Crippen molar-refractivity contribution >= 4 is 17.4 Å². The molecule has 3 rings (SSSR count). The molecular weight excluding hydrogens is 382 g/mol. The molecule has 1 aromatic carbocycles. The highest BCUT2D eigenvalue weighted by molar-refractivity contribution is 6.46. The SMILES string of the molecule is CCN(CC)CCN1C(=O)C(=O)/C(=C(\O)c2ccc(OC)cc2)C1c1cccnc1. The lowest BCUT2D eigenvalue weighted by Crippen LogP contribution is -2.38. The summed E-state index contributed by atoms with van der Waals surface area (Å²) in [7, 11) is 1.55. The van der Waals surface area contributed by atoms with Crippen LogP contribution in [0, 0.1) is 0 Å². The summed E-state index contributed by atoms with van der Waals surface area (Å²) in [5.41, 5.74) is 1.22. The largest absolute Gasteiger partial charge is 0.507 e. The van der Waals surface area contributed by atoms with Crippen molar-refractivity contribution < 1.29 is 19.4 Å². The molecule has 0 bridgehead atoms. The Labute approximate surface area is 176 Å². The molecule has 30 heavy (non-hydrogen) atoms. The summed E-state index contributed by atoms with van der Waals surface area (Å²) < 4.78 is 5.16. The van der Waals surface area contributed by atoms with Gasteiger partial charge in [-0.3, -0.25) is 14.6 Å². The third-order valence-electron chi connectivity index (χ3n) is 5.46. The zero-order chi connectivity index (χ0) is 21.7. The smallest absolute Gasteiger partial charge is 0.295 e. The minimum absolute atomic E-state index is 0.0812. The number of aromatic nitrogens is 1. The molecule has 1 amide bonds. The molecule has 158 valence electrons.